The molecule has 0 fully saturated rings. The molecule has 0 aliphatic heterocycles. The van der Waals surface area contributed by atoms with Gasteiger partial charge in [0.05, 0.1) is 16.6 Å². The number of anilines is 2. The van der Waals surface area contributed by atoms with Crippen LogP contribution in [0, 0.1) is 28.4 Å². The summed E-state index contributed by atoms with van der Waals surface area (Å²) in [5, 5.41) is 19.8. The number of rotatable bonds is 3. The van der Waals surface area contributed by atoms with Crippen LogP contribution in [0.4, 0.5) is 17.1 Å². The van der Waals surface area contributed by atoms with Gasteiger partial charge in [0, 0.05) is 24.5 Å². The van der Waals surface area contributed by atoms with Crippen LogP contribution in [-0.4, -0.2) is 12.0 Å². The van der Waals surface area contributed by atoms with Crippen LogP contribution in [0.3, 0.4) is 0 Å². The fourth-order valence-electron chi connectivity index (χ4n) is 2.06. The highest BCUT2D eigenvalue weighted by Crippen LogP contribution is 2.34. The van der Waals surface area contributed by atoms with Crippen LogP contribution in [0.2, 0.25) is 5.02 Å². The zero-order valence-electron chi connectivity index (χ0n) is 11.5. The Morgan fingerprint density at radius 3 is 2.43 bits per heavy atom. The lowest BCUT2D eigenvalue weighted by Crippen LogP contribution is -2.11. The third-order valence-corrected chi connectivity index (χ3v) is 3.51. The number of hydrogen-bond acceptors (Lipinski definition) is 4. The Morgan fingerprint density at radius 2 is 1.90 bits per heavy atom. The number of hydrogen-bond donors (Lipinski definition) is 0. The van der Waals surface area contributed by atoms with Gasteiger partial charge in [0.1, 0.15) is 5.02 Å². The Labute approximate surface area is 127 Å². The standard InChI is InChI=1S/C15H12ClN3O2/c1-10-7-15(19(20)21)13(16)8-14(10)18(2)12-5-3-11(9-17)4-6-12/h3-8H,1-2H3. The van der Waals surface area contributed by atoms with E-state index in [1.807, 2.05) is 24.1 Å². The van der Waals surface area contributed by atoms with E-state index in [4.69, 9.17) is 16.9 Å². The molecule has 0 unspecified atom stereocenters. The average molecular weight is 302 g/mol. The molecule has 2 aromatic rings. The molecule has 2 rings (SSSR count). The molecule has 0 atom stereocenters. The first-order valence-corrected chi connectivity index (χ1v) is 6.50. The van der Waals surface area contributed by atoms with Crippen molar-refractivity contribution in [2.45, 2.75) is 6.92 Å². The third-order valence-electron chi connectivity index (χ3n) is 3.21. The van der Waals surface area contributed by atoms with Gasteiger partial charge in [-0.2, -0.15) is 5.26 Å². The fourth-order valence-corrected chi connectivity index (χ4v) is 2.28. The predicted molar refractivity (Wildman–Crippen MR) is 82.1 cm³/mol. The van der Waals surface area contributed by atoms with E-state index in [-0.39, 0.29) is 10.7 Å². The van der Waals surface area contributed by atoms with Gasteiger partial charge in [0.25, 0.3) is 5.69 Å². The summed E-state index contributed by atoms with van der Waals surface area (Å²) in [6.07, 6.45) is 0. The minimum atomic E-state index is -0.499. The van der Waals surface area contributed by atoms with Crippen LogP contribution in [-0.2, 0) is 0 Å². The second-order valence-electron chi connectivity index (χ2n) is 4.56. The number of nitriles is 1. The van der Waals surface area contributed by atoms with Gasteiger partial charge in [0.15, 0.2) is 0 Å². The fraction of sp³-hybridized carbons (Fsp3) is 0.133. The van der Waals surface area contributed by atoms with Crippen molar-refractivity contribution in [2.24, 2.45) is 0 Å². The minimum Gasteiger partial charge on any atom is -0.344 e. The van der Waals surface area contributed by atoms with Crippen LogP contribution < -0.4 is 4.90 Å². The van der Waals surface area contributed by atoms with Gasteiger partial charge >= 0.3 is 0 Å². The monoisotopic (exact) mass is 301 g/mol. The molecule has 0 radical (unpaired) electrons. The van der Waals surface area contributed by atoms with E-state index in [1.54, 1.807) is 25.1 Å². The van der Waals surface area contributed by atoms with Crippen LogP contribution in [0.15, 0.2) is 36.4 Å². The summed E-state index contributed by atoms with van der Waals surface area (Å²) in [5.41, 5.74) is 2.85. The maximum Gasteiger partial charge on any atom is 0.288 e. The maximum absolute atomic E-state index is 10.9. The molecule has 0 bridgehead atoms. The summed E-state index contributed by atoms with van der Waals surface area (Å²) in [4.78, 5) is 12.2. The van der Waals surface area contributed by atoms with Crippen molar-refractivity contribution in [1.82, 2.24) is 0 Å². The molecule has 0 saturated heterocycles. The van der Waals surface area contributed by atoms with Gasteiger partial charge in [-0.15, -0.1) is 0 Å². The zero-order valence-corrected chi connectivity index (χ0v) is 12.3. The Morgan fingerprint density at radius 1 is 1.29 bits per heavy atom. The van der Waals surface area contributed by atoms with Crippen molar-refractivity contribution < 1.29 is 4.92 Å². The second-order valence-corrected chi connectivity index (χ2v) is 4.97. The summed E-state index contributed by atoms with van der Waals surface area (Å²) in [5.74, 6) is 0. The van der Waals surface area contributed by atoms with Crippen LogP contribution in [0.5, 0.6) is 0 Å². The smallest absolute Gasteiger partial charge is 0.288 e. The largest absolute Gasteiger partial charge is 0.344 e. The molecule has 5 nitrogen and oxygen atoms in total. The number of nitro groups is 1. The summed E-state index contributed by atoms with van der Waals surface area (Å²) >= 11 is 5.96. The van der Waals surface area contributed by atoms with Crippen molar-refractivity contribution >= 4 is 28.7 Å². The number of halogens is 1. The molecule has 0 aliphatic rings. The topological polar surface area (TPSA) is 70.2 Å². The van der Waals surface area contributed by atoms with Gasteiger partial charge in [-0.25, -0.2) is 0 Å². The molecule has 2 aromatic carbocycles. The van der Waals surface area contributed by atoms with E-state index in [2.05, 4.69) is 6.07 Å². The van der Waals surface area contributed by atoms with Gasteiger partial charge in [-0.3, -0.25) is 10.1 Å². The van der Waals surface area contributed by atoms with Gasteiger partial charge in [-0.1, -0.05) is 11.6 Å². The maximum atomic E-state index is 10.9. The molecular formula is C15H12ClN3O2. The zero-order chi connectivity index (χ0) is 15.6. The van der Waals surface area contributed by atoms with Crippen LogP contribution >= 0.6 is 11.6 Å². The number of nitro benzene ring substituents is 1. The van der Waals surface area contributed by atoms with Crippen molar-refractivity contribution in [3.63, 3.8) is 0 Å². The van der Waals surface area contributed by atoms with E-state index in [1.165, 1.54) is 6.07 Å². The van der Waals surface area contributed by atoms with E-state index in [0.717, 1.165) is 16.9 Å². The molecule has 0 heterocycles. The number of benzene rings is 2. The Kier molecular flexibility index (Phi) is 4.10. The number of aryl methyl sites for hydroxylation is 1. The Balaban J connectivity index is 2.43. The quantitative estimate of drug-likeness (QED) is 0.629. The summed E-state index contributed by atoms with van der Waals surface area (Å²) in [7, 11) is 1.84. The molecular weight excluding hydrogens is 290 g/mol. The molecule has 0 N–H and O–H groups in total. The third kappa shape index (κ3) is 2.96. The summed E-state index contributed by atoms with van der Waals surface area (Å²) < 4.78 is 0. The minimum absolute atomic E-state index is 0.0982. The normalized spacial score (nSPS) is 10.0. The summed E-state index contributed by atoms with van der Waals surface area (Å²) in [6, 6.07) is 12.1. The second kappa shape index (κ2) is 5.81. The molecule has 0 aliphatic carbocycles. The SMILES string of the molecule is Cc1cc([N+](=O)[O-])c(Cl)cc1N(C)c1ccc(C#N)cc1. The highest BCUT2D eigenvalue weighted by Gasteiger charge is 2.17. The predicted octanol–water partition coefficient (Wildman–Crippen LogP) is 4.20. The van der Waals surface area contributed by atoms with E-state index in [0.29, 0.717) is 5.56 Å². The molecule has 0 spiro atoms. The highest BCUT2D eigenvalue weighted by molar-refractivity contribution is 6.33. The van der Waals surface area contributed by atoms with Crippen molar-refractivity contribution in [3.8, 4) is 6.07 Å². The molecule has 0 saturated carbocycles. The van der Waals surface area contributed by atoms with Gasteiger partial charge in [0.2, 0.25) is 0 Å². The average Bonchev–Trinajstić information content (AvgIpc) is 2.48. The van der Waals surface area contributed by atoms with Crippen LogP contribution in [0.1, 0.15) is 11.1 Å². The van der Waals surface area contributed by atoms with Gasteiger partial charge < -0.3 is 4.90 Å². The van der Waals surface area contributed by atoms with E-state index in [9.17, 15) is 10.1 Å². The first-order chi connectivity index (χ1) is 9.93. The summed E-state index contributed by atoms with van der Waals surface area (Å²) in [6.45, 7) is 1.79. The number of nitrogens with zero attached hydrogens (tertiary/aromatic N) is 3. The first-order valence-electron chi connectivity index (χ1n) is 6.12. The van der Waals surface area contributed by atoms with Crippen LogP contribution in [0.25, 0.3) is 0 Å². The van der Waals surface area contributed by atoms with E-state index < -0.39 is 4.92 Å². The lowest BCUT2D eigenvalue weighted by Gasteiger charge is -2.22. The highest BCUT2D eigenvalue weighted by atomic mass is 35.5. The Hall–Kier alpha value is -2.58. The van der Waals surface area contributed by atoms with Crippen molar-refractivity contribution in [2.75, 3.05) is 11.9 Å². The lowest BCUT2D eigenvalue weighted by molar-refractivity contribution is -0.384. The first kappa shape index (κ1) is 14.8. The molecule has 21 heavy (non-hydrogen) atoms. The van der Waals surface area contributed by atoms with Gasteiger partial charge in [-0.05, 0) is 42.8 Å². The van der Waals surface area contributed by atoms with Crippen molar-refractivity contribution in [3.05, 3.63) is 62.7 Å². The van der Waals surface area contributed by atoms with Crippen molar-refractivity contribution in [1.29, 1.82) is 5.26 Å². The van der Waals surface area contributed by atoms with E-state index >= 15 is 0 Å². The molecule has 0 amide bonds. The Bertz CT molecular complexity index is 736. The lowest BCUT2D eigenvalue weighted by atomic mass is 10.1. The molecule has 0 aromatic heterocycles. The molecule has 106 valence electrons. The molecule has 6 heteroatoms.